The molecule has 0 saturated heterocycles. The van der Waals surface area contributed by atoms with E-state index in [1.165, 1.54) is 29.7 Å². The molecule has 1 aromatic rings. The van der Waals surface area contributed by atoms with Crippen LogP contribution in [-0.2, 0) is 0 Å². The number of rotatable bonds is 5. The maximum Gasteiger partial charge on any atom is 0.0292 e. The minimum absolute atomic E-state index is 0.461. The van der Waals surface area contributed by atoms with E-state index in [4.69, 9.17) is 0 Å². The van der Waals surface area contributed by atoms with Gasteiger partial charge in [0.25, 0.3) is 0 Å². The van der Waals surface area contributed by atoms with Gasteiger partial charge in [0.15, 0.2) is 0 Å². The predicted octanol–water partition coefficient (Wildman–Crippen LogP) is 4.25. The lowest BCUT2D eigenvalue weighted by Gasteiger charge is -2.39. The Morgan fingerprint density at radius 1 is 1.29 bits per heavy atom. The van der Waals surface area contributed by atoms with Crippen LogP contribution in [0.25, 0.3) is 0 Å². The zero-order valence-electron chi connectivity index (χ0n) is 11.1. The second-order valence-electron chi connectivity index (χ2n) is 5.54. The zero-order chi connectivity index (χ0) is 12.3. The Morgan fingerprint density at radius 2 is 1.94 bits per heavy atom. The molecule has 1 nitrogen and oxygen atoms in total. The quantitative estimate of drug-likeness (QED) is 0.783. The molecule has 1 unspecified atom stereocenters. The maximum atomic E-state index is 3.67. The molecule has 1 N–H and O–H groups in total. The first-order valence-electron chi connectivity index (χ1n) is 6.50. The molecule has 94 valence electrons. The van der Waals surface area contributed by atoms with E-state index in [9.17, 15) is 0 Å². The highest BCUT2D eigenvalue weighted by molar-refractivity contribution is 7.98. The number of benzene rings is 1. The van der Waals surface area contributed by atoms with E-state index in [2.05, 4.69) is 49.7 Å². The van der Waals surface area contributed by atoms with Crippen molar-refractivity contribution >= 4 is 11.8 Å². The van der Waals surface area contributed by atoms with Gasteiger partial charge in [-0.1, -0.05) is 25.5 Å². The second-order valence-corrected chi connectivity index (χ2v) is 6.42. The fourth-order valence-corrected chi connectivity index (χ4v) is 2.78. The van der Waals surface area contributed by atoms with E-state index in [1.54, 1.807) is 11.8 Å². The molecule has 2 rings (SSSR count). The summed E-state index contributed by atoms with van der Waals surface area (Å²) >= 11 is 1.80. The van der Waals surface area contributed by atoms with Crippen LogP contribution in [0.2, 0.25) is 0 Å². The lowest BCUT2D eigenvalue weighted by Crippen LogP contribution is -2.38. The van der Waals surface area contributed by atoms with Crippen molar-refractivity contribution in [2.45, 2.75) is 44.0 Å². The summed E-state index contributed by atoms with van der Waals surface area (Å²) in [5, 5.41) is 3.67. The molecule has 0 amide bonds. The van der Waals surface area contributed by atoms with Gasteiger partial charge in [0.1, 0.15) is 0 Å². The van der Waals surface area contributed by atoms with E-state index in [-0.39, 0.29) is 0 Å². The SMILES string of the molecule is CSc1ccc(C(C)NCC2(C)CCC2)cc1. The van der Waals surface area contributed by atoms with Gasteiger partial charge in [0, 0.05) is 17.5 Å². The summed E-state index contributed by atoms with van der Waals surface area (Å²) in [7, 11) is 0. The average molecular weight is 249 g/mol. The lowest BCUT2D eigenvalue weighted by atomic mass is 9.70. The minimum Gasteiger partial charge on any atom is -0.310 e. The van der Waals surface area contributed by atoms with Crippen LogP contribution >= 0.6 is 11.8 Å². The van der Waals surface area contributed by atoms with Crippen molar-refractivity contribution in [3.63, 3.8) is 0 Å². The molecular formula is C15H23NS. The molecule has 0 heterocycles. The highest BCUT2D eigenvalue weighted by atomic mass is 32.2. The van der Waals surface area contributed by atoms with Gasteiger partial charge in [-0.05, 0) is 49.1 Å². The van der Waals surface area contributed by atoms with Gasteiger partial charge in [-0.2, -0.15) is 0 Å². The van der Waals surface area contributed by atoms with Gasteiger partial charge in [0.2, 0.25) is 0 Å². The van der Waals surface area contributed by atoms with Crippen molar-refractivity contribution in [1.29, 1.82) is 0 Å². The van der Waals surface area contributed by atoms with Gasteiger partial charge >= 0.3 is 0 Å². The first kappa shape index (κ1) is 13.0. The molecule has 0 aromatic heterocycles. The smallest absolute Gasteiger partial charge is 0.0292 e. The normalized spacial score (nSPS) is 19.7. The number of nitrogens with one attached hydrogen (secondary N) is 1. The van der Waals surface area contributed by atoms with Crippen LogP contribution in [-0.4, -0.2) is 12.8 Å². The van der Waals surface area contributed by atoms with E-state index < -0.39 is 0 Å². The largest absolute Gasteiger partial charge is 0.310 e. The van der Waals surface area contributed by atoms with Gasteiger partial charge in [-0.15, -0.1) is 11.8 Å². The highest BCUT2D eigenvalue weighted by Crippen LogP contribution is 2.39. The molecule has 0 bridgehead atoms. The molecule has 1 fully saturated rings. The first-order valence-corrected chi connectivity index (χ1v) is 7.73. The van der Waals surface area contributed by atoms with Gasteiger partial charge < -0.3 is 5.32 Å². The summed E-state index contributed by atoms with van der Waals surface area (Å²) in [6.45, 7) is 5.81. The first-order chi connectivity index (χ1) is 8.13. The zero-order valence-corrected chi connectivity index (χ0v) is 11.9. The van der Waals surface area contributed by atoms with Gasteiger partial charge in [-0.25, -0.2) is 0 Å². The third kappa shape index (κ3) is 3.26. The molecule has 0 radical (unpaired) electrons. The molecule has 0 spiro atoms. The minimum atomic E-state index is 0.461. The third-order valence-electron chi connectivity index (χ3n) is 4.01. The Morgan fingerprint density at radius 3 is 2.41 bits per heavy atom. The Kier molecular flexibility index (Phi) is 4.16. The molecule has 1 aliphatic rings. The molecule has 1 aromatic carbocycles. The van der Waals surface area contributed by atoms with Crippen molar-refractivity contribution < 1.29 is 0 Å². The summed E-state index contributed by atoms with van der Waals surface area (Å²) in [5.41, 5.74) is 1.96. The van der Waals surface area contributed by atoms with E-state index >= 15 is 0 Å². The molecule has 1 atom stereocenters. The van der Waals surface area contributed by atoms with E-state index in [0.29, 0.717) is 11.5 Å². The molecule has 17 heavy (non-hydrogen) atoms. The van der Waals surface area contributed by atoms with Crippen LogP contribution in [0.5, 0.6) is 0 Å². The fourth-order valence-electron chi connectivity index (χ4n) is 2.37. The van der Waals surface area contributed by atoms with Crippen molar-refractivity contribution in [2.75, 3.05) is 12.8 Å². The van der Waals surface area contributed by atoms with Crippen LogP contribution in [0.15, 0.2) is 29.2 Å². The summed E-state index contributed by atoms with van der Waals surface area (Å²) in [4.78, 5) is 1.34. The van der Waals surface area contributed by atoms with Crippen LogP contribution < -0.4 is 5.32 Å². The van der Waals surface area contributed by atoms with Crippen molar-refractivity contribution in [2.24, 2.45) is 5.41 Å². The number of hydrogen-bond donors (Lipinski definition) is 1. The molecular weight excluding hydrogens is 226 g/mol. The highest BCUT2D eigenvalue weighted by Gasteiger charge is 2.31. The van der Waals surface area contributed by atoms with Crippen LogP contribution in [0.1, 0.15) is 44.7 Å². The van der Waals surface area contributed by atoms with E-state index in [0.717, 1.165) is 6.54 Å². The molecule has 2 heteroatoms. The predicted molar refractivity (Wildman–Crippen MR) is 76.6 cm³/mol. The Hall–Kier alpha value is -0.470. The third-order valence-corrected chi connectivity index (χ3v) is 4.76. The number of hydrogen-bond acceptors (Lipinski definition) is 2. The summed E-state index contributed by atoms with van der Waals surface area (Å²) in [6.07, 6.45) is 6.30. The topological polar surface area (TPSA) is 12.0 Å². The van der Waals surface area contributed by atoms with Gasteiger partial charge in [0.05, 0.1) is 0 Å². The van der Waals surface area contributed by atoms with Crippen molar-refractivity contribution in [3.05, 3.63) is 29.8 Å². The van der Waals surface area contributed by atoms with Crippen molar-refractivity contribution in [1.82, 2.24) is 5.32 Å². The summed E-state index contributed by atoms with van der Waals surface area (Å²) < 4.78 is 0. The van der Waals surface area contributed by atoms with Gasteiger partial charge in [-0.3, -0.25) is 0 Å². The standard InChI is InChI=1S/C15H23NS/c1-12(16-11-15(2)9-4-10-15)13-5-7-14(17-3)8-6-13/h5-8,12,16H,4,9-11H2,1-3H3. The van der Waals surface area contributed by atoms with E-state index in [1.807, 2.05) is 0 Å². The molecule has 1 saturated carbocycles. The maximum absolute atomic E-state index is 3.67. The summed E-state index contributed by atoms with van der Waals surface area (Å²) in [6, 6.07) is 9.37. The average Bonchev–Trinajstić information content (AvgIpc) is 2.33. The Balaban J connectivity index is 1.87. The Labute approximate surface area is 109 Å². The number of thioether (sulfide) groups is 1. The van der Waals surface area contributed by atoms with Crippen LogP contribution in [0, 0.1) is 5.41 Å². The lowest BCUT2D eigenvalue weighted by molar-refractivity contribution is 0.152. The molecule has 0 aliphatic heterocycles. The summed E-state index contributed by atoms with van der Waals surface area (Å²) in [5.74, 6) is 0. The van der Waals surface area contributed by atoms with Crippen molar-refractivity contribution in [3.8, 4) is 0 Å². The fraction of sp³-hybridized carbons (Fsp3) is 0.600. The monoisotopic (exact) mass is 249 g/mol. The molecule has 1 aliphatic carbocycles. The second kappa shape index (κ2) is 5.45. The van der Waals surface area contributed by atoms with Crippen LogP contribution in [0.3, 0.4) is 0 Å². The Bertz CT molecular complexity index is 354. The van der Waals surface area contributed by atoms with Crippen LogP contribution in [0.4, 0.5) is 0 Å².